The number of carbonyl (C=O) groups is 1. The van der Waals surface area contributed by atoms with Crippen molar-refractivity contribution >= 4 is 27.5 Å². The summed E-state index contributed by atoms with van der Waals surface area (Å²) in [6.45, 7) is 1.89. The third kappa shape index (κ3) is 2.06. The van der Waals surface area contributed by atoms with E-state index >= 15 is 0 Å². The predicted molar refractivity (Wildman–Crippen MR) is 61.4 cm³/mol. The number of fused-ring (bicyclic) bond motifs is 1. The SMILES string of the molecule is Cc1ccc2nc(CCC(=O)O)c(Br)n2n1. The molecule has 5 nitrogen and oxygen atoms in total. The molecule has 1 N–H and O–H groups in total. The lowest BCUT2D eigenvalue weighted by atomic mass is 10.2. The van der Waals surface area contributed by atoms with Gasteiger partial charge in [-0.15, -0.1) is 0 Å². The highest BCUT2D eigenvalue weighted by Gasteiger charge is 2.11. The number of halogens is 1. The standard InChI is InChI=1S/C10H10BrN3O2/c1-6-2-4-8-12-7(3-5-9(15)16)10(11)14(8)13-6/h2,4H,3,5H2,1H3,(H,15,16). The molecular weight excluding hydrogens is 274 g/mol. The molecule has 0 aliphatic rings. The zero-order valence-corrected chi connectivity index (χ0v) is 10.2. The van der Waals surface area contributed by atoms with Crippen LogP contribution < -0.4 is 0 Å². The van der Waals surface area contributed by atoms with Crippen LogP contribution in [0.3, 0.4) is 0 Å². The van der Waals surface area contributed by atoms with Gasteiger partial charge >= 0.3 is 5.97 Å². The number of carboxylic acid groups (broad SMARTS) is 1. The second-order valence-corrected chi connectivity index (χ2v) is 4.24. The maximum absolute atomic E-state index is 10.5. The van der Waals surface area contributed by atoms with Crippen molar-refractivity contribution in [2.45, 2.75) is 19.8 Å². The van der Waals surface area contributed by atoms with Gasteiger partial charge in [0.05, 0.1) is 17.8 Å². The molecule has 2 rings (SSSR count). The third-order valence-corrected chi connectivity index (χ3v) is 2.99. The Bertz CT molecular complexity index is 550. The van der Waals surface area contributed by atoms with Crippen molar-refractivity contribution in [1.82, 2.24) is 14.6 Å². The molecule has 2 aromatic rings. The van der Waals surface area contributed by atoms with Crippen molar-refractivity contribution in [2.24, 2.45) is 0 Å². The molecule has 2 heterocycles. The van der Waals surface area contributed by atoms with E-state index in [0.29, 0.717) is 6.42 Å². The van der Waals surface area contributed by atoms with Gasteiger partial charge in [-0.1, -0.05) is 0 Å². The predicted octanol–water partition coefficient (Wildman–Crippen LogP) is 1.82. The quantitative estimate of drug-likeness (QED) is 0.933. The van der Waals surface area contributed by atoms with Gasteiger partial charge in [0.15, 0.2) is 5.65 Å². The first-order valence-electron chi connectivity index (χ1n) is 4.80. The highest BCUT2D eigenvalue weighted by Crippen LogP contribution is 2.19. The van der Waals surface area contributed by atoms with Gasteiger partial charge in [0, 0.05) is 6.42 Å². The summed E-state index contributed by atoms with van der Waals surface area (Å²) in [6, 6.07) is 3.73. The van der Waals surface area contributed by atoms with E-state index in [9.17, 15) is 4.79 Å². The van der Waals surface area contributed by atoms with Crippen LogP contribution in [0.4, 0.5) is 0 Å². The van der Waals surface area contributed by atoms with E-state index in [1.54, 1.807) is 4.52 Å². The van der Waals surface area contributed by atoms with Gasteiger partial charge in [0.1, 0.15) is 4.60 Å². The highest BCUT2D eigenvalue weighted by atomic mass is 79.9. The topological polar surface area (TPSA) is 67.5 Å². The number of nitrogens with zero attached hydrogens (tertiary/aromatic N) is 3. The van der Waals surface area contributed by atoms with Crippen LogP contribution in [0.25, 0.3) is 5.65 Å². The van der Waals surface area contributed by atoms with Gasteiger partial charge in [-0.3, -0.25) is 4.79 Å². The molecule has 0 spiro atoms. The second kappa shape index (κ2) is 4.21. The van der Waals surface area contributed by atoms with E-state index in [1.807, 2.05) is 19.1 Å². The van der Waals surface area contributed by atoms with Crippen LogP contribution in [0.1, 0.15) is 17.8 Å². The molecule has 2 aromatic heterocycles. The molecule has 0 aliphatic heterocycles. The Kier molecular flexibility index (Phi) is 2.91. The number of aromatic nitrogens is 3. The number of hydrogen-bond acceptors (Lipinski definition) is 3. The largest absolute Gasteiger partial charge is 0.481 e. The Balaban J connectivity index is 2.40. The normalized spacial score (nSPS) is 10.9. The van der Waals surface area contributed by atoms with Gasteiger partial charge in [0.2, 0.25) is 0 Å². The van der Waals surface area contributed by atoms with E-state index in [4.69, 9.17) is 5.11 Å². The van der Waals surface area contributed by atoms with Crippen molar-refractivity contribution in [3.8, 4) is 0 Å². The molecule has 0 fully saturated rings. The summed E-state index contributed by atoms with van der Waals surface area (Å²) in [5.74, 6) is -0.826. The molecule has 0 unspecified atom stereocenters. The Morgan fingerprint density at radius 3 is 3.00 bits per heavy atom. The van der Waals surface area contributed by atoms with Crippen LogP contribution in [0, 0.1) is 6.92 Å². The average Bonchev–Trinajstić information content (AvgIpc) is 2.53. The van der Waals surface area contributed by atoms with Crippen molar-refractivity contribution in [3.05, 3.63) is 28.1 Å². The van der Waals surface area contributed by atoms with Gasteiger partial charge in [-0.2, -0.15) is 5.10 Å². The van der Waals surface area contributed by atoms with E-state index in [0.717, 1.165) is 21.6 Å². The number of carboxylic acids is 1. The van der Waals surface area contributed by atoms with Crippen molar-refractivity contribution in [1.29, 1.82) is 0 Å². The molecule has 0 saturated heterocycles. The molecule has 0 saturated carbocycles. The number of aryl methyl sites for hydroxylation is 2. The minimum atomic E-state index is -0.826. The summed E-state index contributed by atoms with van der Waals surface area (Å²) >= 11 is 3.38. The van der Waals surface area contributed by atoms with Gasteiger partial charge < -0.3 is 5.11 Å². The minimum absolute atomic E-state index is 0.0709. The molecule has 84 valence electrons. The monoisotopic (exact) mass is 283 g/mol. The second-order valence-electron chi connectivity index (χ2n) is 3.49. The van der Waals surface area contributed by atoms with E-state index < -0.39 is 5.97 Å². The minimum Gasteiger partial charge on any atom is -0.481 e. The fourth-order valence-electron chi connectivity index (χ4n) is 1.43. The van der Waals surface area contributed by atoms with E-state index in [-0.39, 0.29) is 6.42 Å². The molecular formula is C10H10BrN3O2. The summed E-state index contributed by atoms with van der Waals surface area (Å²) < 4.78 is 2.40. The van der Waals surface area contributed by atoms with Gasteiger partial charge in [-0.05, 0) is 35.0 Å². The molecule has 0 aliphatic carbocycles. The zero-order valence-electron chi connectivity index (χ0n) is 8.64. The lowest BCUT2D eigenvalue weighted by molar-refractivity contribution is -0.136. The molecule has 0 bridgehead atoms. The third-order valence-electron chi connectivity index (χ3n) is 2.20. The number of aliphatic carboxylic acids is 1. The Hall–Kier alpha value is -1.43. The summed E-state index contributed by atoms with van der Waals surface area (Å²) in [5.41, 5.74) is 2.33. The summed E-state index contributed by atoms with van der Waals surface area (Å²) in [4.78, 5) is 14.8. The van der Waals surface area contributed by atoms with Gasteiger partial charge in [0.25, 0.3) is 0 Å². The number of imidazole rings is 1. The molecule has 0 atom stereocenters. The Morgan fingerprint density at radius 2 is 2.31 bits per heavy atom. The number of rotatable bonds is 3. The van der Waals surface area contributed by atoms with E-state index in [2.05, 4.69) is 26.0 Å². The van der Waals surface area contributed by atoms with Crippen LogP contribution in [0.2, 0.25) is 0 Å². The Morgan fingerprint density at radius 1 is 1.56 bits per heavy atom. The van der Waals surface area contributed by atoms with Crippen LogP contribution in [0.15, 0.2) is 16.7 Å². The summed E-state index contributed by atoms with van der Waals surface area (Å²) in [5, 5.41) is 12.9. The van der Waals surface area contributed by atoms with Crippen LogP contribution in [-0.4, -0.2) is 25.7 Å². The molecule has 0 amide bonds. The summed E-state index contributed by atoms with van der Waals surface area (Å²) in [6.07, 6.45) is 0.472. The van der Waals surface area contributed by atoms with Gasteiger partial charge in [-0.25, -0.2) is 9.50 Å². The fourth-order valence-corrected chi connectivity index (χ4v) is 1.98. The zero-order chi connectivity index (χ0) is 11.7. The van der Waals surface area contributed by atoms with Crippen molar-refractivity contribution in [3.63, 3.8) is 0 Å². The average molecular weight is 284 g/mol. The Labute approximate surface area is 100 Å². The first-order valence-corrected chi connectivity index (χ1v) is 5.60. The van der Waals surface area contributed by atoms with Crippen LogP contribution in [-0.2, 0) is 11.2 Å². The van der Waals surface area contributed by atoms with Crippen LogP contribution >= 0.6 is 15.9 Å². The lowest BCUT2D eigenvalue weighted by Crippen LogP contribution is -1.98. The molecule has 6 heteroatoms. The first kappa shape index (κ1) is 11.1. The van der Waals surface area contributed by atoms with Crippen molar-refractivity contribution < 1.29 is 9.90 Å². The maximum Gasteiger partial charge on any atom is 0.303 e. The molecule has 0 aromatic carbocycles. The number of hydrogen-bond donors (Lipinski definition) is 1. The van der Waals surface area contributed by atoms with Crippen LogP contribution in [0.5, 0.6) is 0 Å². The lowest BCUT2D eigenvalue weighted by Gasteiger charge is -1.95. The first-order chi connectivity index (χ1) is 7.58. The van der Waals surface area contributed by atoms with Crippen molar-refractivity contribution in [2.75, 3.05) is 0 Å². The molecule has 16 heavy (non-hydrogen) atoms. The van der Waals surface area contributed by atoms with E-state index in [1.165, 1.54) is 0 Å². The highest BCUT2D eigenvalue weighted by molar-refractivity contribution is 9.10. The maximum atomic E-state index is 10.5. The fraction of sp³-hybridized carbons (Fsp3) is 0.300. The molecule has 0 radical (unpaired) electrons. The summed E-state index contributed by atoms with van der Waals surface area (Å²) in [7, 11) is 0. The smallest absolute Gasteiger partial charge is 0.303 e.